The largest absolute Gasteiger partial charge is 0.419 e. The molecule has 1 unspecified atom stereocenters. The number of hydrogen-bond donors (Lipinski definition) is 0. The SMILES string of the molecule is CC(CC=O)c1cccc(C(F)(F)F)c1F. The van der Waals surface area contributed by atoms with E-state index in [0.717, 1.165) is 6.07 Å². The van der Waals surface area contributed by atoms with Crippen LogP contribution < -0.4 is 0 Å². The highest BCUT2D eigenvalue weighted by molar-refractivity contribution is 5.51. The number of aldehydes is 1. The number of carbonyl (C=O) groups is 1. The molecule has 1 atom stereocenters. The molecule has 5 heteroatoms. The summed E-state index contributed by atoms with van der Waals surface area (Å²) in [6.07, 6.45) is -4.15. The second kappa shape index (κ2) is 4.63. The fraction of sp³-hybridized carbons (Fsp3) is 0.364. The zero-order valence-electron chi connectivity index (χ0n) is 8.51. The van der Waals surface area contributed by atoms with Crippen LogP contribution in [0.15, 0.2) is 18.2 Å². The van der Waals surface area contributed by atoms with Crippen molar-refractivity contribution < 1.29 is 22.4 Å². The second-order valence-electron chi connectivity index (χ2n) is 3.51. The first-order valence-electron chi connectivity index (χ1n) is 4.67. The zero-order chi connectivity index (χ0) is 12.3. The number of alkyl halides is 3. The number of carbonyl (C=O) groups excluding carboxylic acids is 1. The Morgan fingerprint density at radius 1 is 1.38 bits per heavy atom. The van der Waals surface area contributed by atoms with Gasteiger partial charge in [0.1, 0.15) is 12.1 Å². The van der Waals surface area contributed by atoms with Crippen molar-refractivity contribution in [3.8, 4) is 0 Å². The highest BCUT2D eigenvalue weighted by Gasteiger charge is 2.35. The predicted octanol–water partition coefficient (Wildman–Crippen LogP) is 3.54. The molecule has 1 rings (SSSR count). The number of hydrogen-bond acceptors (Lipinski definition) is 1. The summed E-state index contributed by atoms with van der Waals surface area (Å²) in [5, 5.41) is 0. The minimum atomic E-state index is -4.71. The van der Waals surface area contributed by atoms with Gasteiger partial charge in [0.05, 0.1) is 5.56 Å². The normalized spacial score (nSPS) is 13.6. The third kappa shape index (κ3) is 2.59. The van der Waals surface area contributed by atoms with Crippen LogP contribution >= 0.6 is 0 Å². The third-order valence-corrected chi connectivity index (χ3v) is 2.31. The van der Waals surface area contributed by atoms with Crippen LogP contribution in [0.4, 0.5) is 17.6 Å². The van der Waals surface area contributed by atoms with Gasteiger partial charge in [-0.15, -0.1) is 0 Å². The lowest BCUT2D eigenvalue weighted by Gasteiger charge is -2.14. The Balaban J connectivity index is 3.18. The standard InChI is InChI=1S/C11H10F4O/c1-7(5-6-16)8-3-2-4-9(10(8)12)11(13,14)15/h2-4,6-7H,5H2,1H3. The Morgan fingerprint density at radius 2 is 2.00 bits per heavy atom. The molecule has 0 heterocycles. The van der Waals surface area contributed by atoms with Crippen molar-refractivity contribution in [1.82, 2.24) is 0 Å². The molecule has 88 valence electrons. The highest BCUT2D eigenvalue weighted by Crippen LogP contribution is 2.34. The molecule has 0 bridgehead atoms. The Bertz CT molecular complexity index is 384. The molecule has 0 radical (unpaired) electrons. The first kappa shape index (κ1) is 12.7. The van der Waals surface area contributed by atoms with Crippen molar-refractivity contribution >= 4 is 6.29 Å². The Hall–Kier alpha value is -1.39. The minimum Gasteiger partial charge on any atom is -0.303 e. The lowest BCUT2D eigenvalue weighted by atomic mass is 9.96. The molecule has 1 nitrogen and oxygen atoms in total. The van der Waals surface area contributed by atoms with E-state index < -0.39 is 23.5 Å². The smallest absolute Gasteiger partial charge is 0.303 e. The van der Waals surface area contributed by atoms with Crippen LogP contribution in [0, 0.1) is 5.82 Å². The lowest BCUT2D eigenvalue weighted by Crippen LogP contribution is -2.11. The minimum absolute atomic E-state index is 0.00176. The maximum Gasteiger partial charge on any atom is 0.419 e. The Morgan fingerprint density at radius 3 is 2.50 bits per heavy atom. The average Bonchev–Trinajstić information content (AvgIpc) is 2.16. The van der Waals surface area contributed by atoms with Crippen LogP contribution in [0.5, 0.6) is 0 Å². The maximum atomic E-state index is 13.5. The molecular weight excluding hydrogens is 224 g/mol. The van der Waals surface area contributed by atoms with Crippen LogP contribution in [0.2, 0.25) is 0 Å². The van der Waals surface area contributed by atoms with E-state index in [1.165, 1.54) is 13.0 Å². The molecule has 0 aliphatic rings. The molecule has 1 aromatic carbocycles. The van der Waals surface area contributed by atoms with Crippen LogP contribution in [0.3, 0.4) is 0 Å². The van der Waals surface area contributed by atoms with Gasteiger partial charge in [-0.25, -0.2) is 4.39 Å². The first-order valence-corrected chi connectivity index (χ1v) is 4.67. The molecule has 0 aromatic heterocycles. The van der Waals surface area contributed by atoms with Gasteiger partial charge >= 0.3 is 6.18 Å². The van der Waals surface area contributed by atoms with E-state index in [0.29, 0.717) is 12.4 Å². The average molecular weight is 234 g/mol. The third-order valence-electron chi connectivity index (χ3n) is 2.31. The van der Waals surface area contributed by atoms with Gasteiger partial charge in [0, 0.05) is 6.42 Å². The fourth-order valence-electron chi connectivity index (χ4n) is 1.42. The molecular formula is C11H10F4O. The van der Waals surface area contributed by atoms with Crippen LogP contribution in [0.1, 0.15) is 30.4 Å². The Labute approximate surface area is 90.1 Å². The molecule has 0 amide bonds. The molecule has 0 spiro atoms. The van der Waals surface area contributed by atoms with E-state index in [-0.39, 0.29) is 12.0 Å². The monoisotopic (exact) mass is 234 g/mol. The zero-order valence-corrected chi connectivity index (χ0v) is 8.51. The van der Waals surface area contributed by atoms with Gasteiger partial charge in [-0.05, 0) is 17.5 Å². The summed E-state index contributed by atoms with van der Waals surface area (Å²) in [7, 11) is 0. The van der Waals surface area contributed by atoms with Gasteiger partial charge in [-0.2, -0.15) is 13.2 Å². The van der Waals surface area contributed by atoms with E-state index in [1.807, 2.05) is 0 Å². The number of benzene rings is 1. The van der Waals surface area contributed by atoms with Gasteiger partial charge in [0.2, 0.25) is 0 Å². The molecule has 1 aromatic rings. The van der Waals surface area contributed by atoms with Crippen LogP contribution in [0.25, 0.3) is 0 Å². The Kier molecular flexibility index (Phi) is 3.67. The van der Waals surface area contributed by atoms with Gasteiger partial charge in [0.25, 0.3) is 0 Å². The van der Waals surface area contributed by atoms with Crippen molar-refractivity contribution in [2.24, 2.45) is 0 Å². The second-order valence-corrected chi connectivity index (χ2v) is 3.51. The van der Waals surface area contributed by atoms with E-state index >= 15 is 0 Å². The quantitative estimate of drug-likeness (QED) is 0.577. The van der Waals surface area contributed by atoms with E-state index in [1.54, 1.807) is 0 Å². The van der Waals surface area contributed by atoms with Crippen molar-refractivity contribution in [2.75, 3.05) is 0 Å². The predicted molar refractivity (Wildman–Crippen MR) is 50.5 cm³/mol. The van der Waals surface area contributed by atoms with Gasteiger partial charge in [-0.1, -0.05) is 19.1 Å². The number of halogens is 4. The summed E-state index contributed by atoms with van der Waals surface area (Å²) >= 11 is 0. The first-order chi connectivity index (χ1) is 7.38. The summed E-state index contributed by atoms with van der Waals surface area (Å²) in [6.45, 7) is 1.51. The summed E-state index contributed by atoms with van der Waals surface area (Å²) in [4.78, 5) is 10.2. The van der Waals surface area contributed by atoms with Gasteiger partial charge in [0.15, 0.2) is 0 Å². The maximum absolute atomic E-state index is 13.5. The molecule has 0 fully saturated rings. The highest BCUT2D eigenvalue weighted by atomic mass is 19.4. The topological polar surface area (TPSA) is 17.1 Å². The molecule has 0 aliphatic heterocycles. The van der Waals surface area contributed by atoms with E-state index in [9.17, 15) is 22.4 Å². The molecule has 16 heavy (non-hydrogen) atoms. The molecule has 0 saturated heterocycles. The molecule has 0 saturated carbocycles. The summed E-state index contributed by atoms with van der Waals surface area (Å²) in [5.41, 5.74) is -1.37. The molecule has 0 aliphatic carbocycles. The summed E-state index contributed by atoms with van der Waals surface area (Å²) in [5.74, 6) is -1.84. The lowest BCUT2D eigenvalue weighted by molar-refractivity contribution is -0.140. The number of rotatable bonds is 3. The van der Waals surface area contributed by atoms with E-state index in [2.05, 4.69) is 0 Å². The van der Waals surface area contributed by atoms with Crippen molar-refractivity contribution in [3.63, 3.8) is 0 Å². The summed E-state index contributed by atoms with van der Waals surface area (Å²) in [6, 6.07) is 3.09. The summed E-state index contributed by atoms with van der Waals surface area (Å²) < 4.78 is 50.6. The van der Waals surface area contributed by atoms with Crippen LogP contribution in [-0.4, -0.2) is 6.29 Å². The van der Waals surface area contributed by atoms with Gasteiger partial charge in [-0.3, -0.25) is 0 Å². The molecule has 0 N–H and O–H groups in total. The van der Waals surface area contributed by atoms with Crippen LogP contribution in [-0.2, 0) is 11.0 Å². The van der Waals surface area contributed by atoms with Crippen molar-refractivity contribution in [3.05, 3.63) is 35.1 Å². The van der Waals surface area contributed by atoms with Gasteiger partial charge < -0.3 is 4.79 Å². The van der Waals surface area contributed by atoms with Crippen molar-refractivity contribution in [1.29, 1.82) is 0 Å². The van der Waals surface area contributed by atoms with E-state index in [4.69, 9.17) is 0 Å². The van der Waals surface area contributed by atoms with Crippen molar-refractivity contribution in [2.45, 2.75) is 25.4 Å². The fourth-order valence-corrected chi connectivity index (χ4v) is 1.42.